The molecule has 3 fully saturated rings. The van der Waals surface area contributed by atoms with Crippen LogP contribution in [0.25, 0.3) is 0 Å². The highest BCUT2D eigenvalue weighted by atomic mass is 16.8. The summed E-state index contributed by atoms with van der Waals surface area (Å²) in [6.45, 7) is 10.3. The standard InChI is InChI=1S/C8H10O5.2C3H8.2CH4/c1-3-10-7-6-4(2-5(9)13-6)12-8(7)11-3;2*1-3-2;;/h3-4,6-8H,2H2,1H3;2*3H2,1-2H3;2*1H4. The van der Waals surface area contributed by atoms with Gasteiger partial charge >= 0.3 is 5.97 Å². The third kappa shape index (κ3) is 5.93. The fourth-order valence-corrected chi connectivity index (χ4v) is 2.06. The average molecular weight is 306 g/mol. The van der Waals surface area contributed by atoms with Crippen molar-refractivity contribution in [3.63, 3.8) is 0 Å². The van der Waals surface area contributed by atoms with E-state index in [2.05, 4.69) is 27.7 Å². The zero-order chi connectivity index (χ0) is 14.4. The summed E-state index contributed by atoms with van der Waals surface area (Å²) in [6.07, 6.45) is 1.54. The van der Waals surface area contributed by atoms with Gasteiger partial charge in [0.15, 0.2) is 24.8 Å². The predicted molar refractivity (Wildman–Crippen MR) is 84.0 cm³/mol. The Labute approximate surface area is 130 Å². The van der Waals surface area contributed by atoms with Crippen molar-refractivity contribution in [1.82, 2.24) is 0 Å². The fraction of sp³-hybridized carbons (Fsp3) is 0.938. The van der Waals surface area contributed by atoms with Crippen molar-refractivity contribution in [3.05, 3.63) is 0 Å². The molecule has 0 aromatic heterocycles. The summed E-state index contributed by atoms with van der Waals surface area (Å²) in [5, 5.41) is 0. The molecule has 128 valence electrons. The van der Waals surface area contributed by atoms with E-state index in [0.717, 1.165) is 0 Å². The van der Waals surface area contributed by atoms with Crippen LogP contribution in [0.2, 0.25) is 0 Å². The van der Waals surface area contributed by atoms with Gasteiger partial charge in [0.1, 0.15) is 6.10 Å². The zero-order valence-corrected chi connectivity index (χ0v) is 12.5. The molecule has 0 bridgehead atoms. The van der Waals surface area contributed by atoms with Crippen LogP contribution >= 0.6 is 0 Å². The third-order valence-electron chi connectivity index (χ3n) is 2.58. The van der Waals surface area contributed by atoms with E-state index in [4.69, 9.17) is 18.9 Å². The molecule has 0 spiro atoms. The third-order valence-corrected chi connectivity index (χ3v) is 2.58. The van der Waals surface area contributed by atoms with Crippen LogP contribution in [0.1, 0.15) is 68.7 Å². The fourth-order valence-electron chi connectivity index (χ4n) is 2.06. The minimum absolute atomic E-state index is 0. The second-order valence-electron chi connectivity index (χ2n) is 4.92. The van der Waals surface area contributed by atoms with Gasteiger partial charge in [-0.2, -0.15) is 0 Å². The Kier molecular flexibility index (Phi) is 11.8. The monoisotopic (exact) mass is 306 g/mol. The predicted octanol–water partition coefficient (Wildman–Crippen LogP) is 3.89. The van der Waals surface area contributed by atoms with Crippen molar-refractivity contribution in [3.8, 4) is 0 Å². The average Bonchev–Trinajstić information content (AvgIpc) is 2.91. The first-order chi connectivity index (χ1) is 9.07. The maximum atomic E-state index is 10.9. The summed E-state index contributed by atoms with van der Waals surface area (Å²) in [4.78, 5) is 10.9. The smallest absolute Gasteiger partial charge is 0.309 e. The Morgan fingerprint density at radius 1 is 0.952 bits per heavy atom. The molecule has 0 radical (unpaired) electrons. The molecule has 3 rings (SSSR count). The quantitative estimate of drug-likeness (QED) is 0.635. The molecule has 0 aliphatic carbocycles. The van der Waals surface area contributed by atoms with Gasteiger partial charge < -0.3 is 18.9 Å². The summed E-state index contributed by atoms with van der Waals surface area (Å²) in [5.74, 6) is -0.211. The highest BCUT2D eigenvalue weighted by Gasteiger charge is 2.56. The summed E-state index contributed by atoms with van der Waals surface area (Å²) < 4.78 is 21.3. The van der Waals surface area contributed by atoms with Gasteiger partial charge in [-0.1, -0.05) is 55.4 Å². The van der Waals surface area contributed by atoms with Gasteiger partial charge in [0.05, 0.1) is 6.42 Å². The molecule has 21 heavy (non-hydrogen) atoms. The van der Waals surface area contributed by atoms with Crippen LogP contribution in [0.4, 0.5) is 0 Å². The molecule has 5 atom stereocenters. The van der Waals surface area contributed by atoms with E-state index in [1.165, 1.54) is 12.8 Å². The van der Waals surface area contributed by atoms with E-state index in [0.29, 0.717) is 6.42 Å². The van der Waals surface area contributed by atoms with Crippen LogP contribution < -0.4 is 0 Å². The number of rotatable bonds is 0. The van der Waals surface area contributed by atoms with Crippen LogP contribution in [-0.4, -0.2) is 36.9 Å². The van der Waals surface area contributed by atoms with Gasteiger partial charge in [-0.3, -0.25) is 4.79 Å². The van der Waals surface area contributed by atoms with Crippen LogP contribution in [0.3, 0.4) is 0 Å². The summed E-state index contributed by atoms with van der Waals surface area (Å²) in [6, 6.07) is 0. The van der Waals surface area contributed by atoms with Crippen molar-refractivity contribution in [1.29, 1.82) is 0 Å². The second kappa shape index (κ2) is 11.0. The van der Waals surface area contributed by atoms with Gasteiger partial charge in [-0.05, 0) is 6.92 Å². The van der Waals surface area contributed by atoms with Crippen molar-refractivity contribution < 1.29 is 23.7 Å². The minimum Gasteiger partial charge on any atom is -0.456 e. The Hall–Kier alpha value is -0.650. The number of carbonyl (C=O) groups excluding carboxylic acids is 1. The number of fused-ring (bicyclic) bond motifs is 3. The van der Waals surface area contributed by atoms with E-state index in [1.807, 2.05) is 0 Å². The maximum Gasteiger partial charge on any atom is 0.309 e. The molecule has 0 amide bonds. The Balaban J connectivity index is 0. The second-order valence-corrected chi connectivity index (χ2v) is 4.92. The molecule has 0 N–H and O–H groups in total. The SMILES string of the molecule is C.C.CC1OC2OC3CC(=O)OC3C2O1.CCC.CCC. The van der Waals surface area contributed by atoms with E-state index in [-0.39, 0.29) is 51.7 Å². The number of esters is 1. The summed E-state index contributed by atoms with van der Waals surface area (Å²) in [5.41, 5.74) is 0. The molecule has 0 aromatic carbocycles. The van der Waals surface area contributed by atoms with Crippen LogP contribution in [-0.2, 0) is 23.7 Å². The summed E-state index contributed by atoms with van der Waals surface area (Å²) >= 11 is 0. The lowest BCUT2D eigenvalue weighted by atomic mass is 10.1. The molecule has 5 heteroatoms. The highest BCUT2D eigenvalue weighted by Crippen LogP contribution is 2.38. The lowest BCUT2D eigenvalue weighted by Crippen LogP contribution is -2.30. The van der Waals surface area contributed by atoms with Crippen molar-refractivity contribution in [2.24, 2.45) is 0 Å². The number of hydrogen-bond acceptors (Lipinski definition) is 5. The molecule has 3 saturated heterocycles. The van der Waals surface area contributed by atoms with Crippen molar-refractivity contribution in [2.45, 2.75) is 99.6 Å². The van der Waals surface area contributed by atoms with E-state index < -0.39 is 0 Å². The lowest BCUT2D eigenvalue weighted by Gasteiger charge is -2.12. The lowest BCUT2D eigenvalue weighted by molar-refractivity contribution is -0.153. The maximum absolute atomic E-state index is 10.9. The van der Waals surface area contributed by atoms with Crippen molar-refractivity contribution >= 4 is 5.97 Å². The first kappa shape index (κ1) is 22.6. The molecular formula is C16H34O5. The van der Waals surface area contributed by atoms with E-state index in [9.17, 15) is 4.79 Å². The van der Waals surface area contributed by atoms with E-state index >= 15 is 0 Å². The van der Waals surface area contributed by atoms with Crippen LogP contribution in [0.5, 0.6) is 0 Å². The Bertz CT molecular complexity index is 280. The number of ether oxygens (including phenoxy) is 4. The molecule has 0 aromatic rings. The van der Waals surface area contributed by atoms with Gasteiger partial charge in [-0.25, -0.2) is 0 Å². The van der Waals surface area contributed by atoms with Gasteiger partial charge in [-0.15, -0.1) is 0 Å². The molecule has 3 heterocycles. The largest absolute Gasteiger partial charge is 0.456 e. The Morgan fingerprint density at radius 2 is 1.48 bits per heavy atom. The molecule has 0 saturated carbocycles. The van der Waals surface area contributed by atoms with E-state index in [1.54, 1.807) is 6.92 Å². The number of carbonyl (C=O) groups is 1. The molecular weight excluding hydrogens is 272 g/mol. The van der Waals surface area contributed by atoms with Gasteiger partial charge in [0.2, 0.25) is 0 Å². The summed E-state index contributed by atoms with van der Waals surface area (Å²) in [7, 11) is 0. The molecule has 3 aliphatic rings. The zero-order valence-electron chi connectivity index (χ0n) is 12.5. The van der Waals surface area contributed by atoms with Crippen LogP contribution in [0, 0.1) is 0 Å². The van der Waals surface area contributed by atoms with Crippen molar-refractivity contribution in [2.75, 3.05) is 0 Å². The first-order valence-electron chi connectivity index (χ1n) is 7.23. The number of hydrogen-bond donors (Lipinski definition) is 0. The molecule has 5 nitrogen and oxygen atoms in total. The first-order valence-corrected chi connectivity index (χ1v) is 7.23. The minimum atomic E-state index is -0.349. The molecule has 5 unspecified atom stereocenters. The molecule has 3 aliphatic heterocycles. The normalized spacial score (nSPS) is 34.7. The highest BCUT2D eigenvalue weighted by molar-refractivity contribution is 5.73. The topological polar surface area (TPSA) is 54.0 Å². The Morgan fingerprint density at radius 3 is 2.00 bits per heavy atom. The van der Waals surface area contributed by atoms with Gasteiger partial charge in [0, 0.05) is 0 Å². The van der Waals surface area contributed by atoms with Gasteiger partial charge in [0.25, 0.3) is 0 Å². The van der Waals surface area contributed by atoms with Crippen LogP contribution in [0.15, 0.2) is 0 Å².